The van der Waals surface area contributed by atoms with Gasteiger partial charge in [-0.1, -0.05) is 93.2 Å². The average molecular weight is 956 g/mol. The van der Waals surface area contributed by atoms with Gasteiger partial charge >= 0.3 is 0 Å². The monoisotopic (exact) mass is 956 g/mol. The summed E-state index contributed by atoms with van der Waals surface area (Å²) in [5.41, 5.74) is 10.3. The Kier molecular flexibility index (Phi) is 30.6. The molecule has 65 heavy (non-hydrogen) atoms. The average Bonchev–Trinajstić information content (AvgIpc) is 3.20. The minimum absolute atomic E-state index is 0.0838. The van der Waals surface area contributed by atoms with Crippen LogP contribution in [0.1, 0.15) is 146 Å². The van der Waals surface area contributed by atoms with Crippen LogP contribution in [0.25, 0.3) is 0 Å². The van der Waals surface area contributed by atoms with Gasteiger partial charge in [-0.3, -0.25) is 4.57 Å². The van der Waals surface area contributed by atoms with Crippen LogP contribution in [0.4, 0.5) is 0 Å². The van der Waals surface area contributed by atoms with Crippen molar-refractivity contribution in [2.45, 2.75) is 189 Å². The van der Waals surface area contributed by atoms with Gasteiger partial charge in [-0.2, -0.15) is 0 Å². The van der Waals surface area contributed by atoms with Crippen LogP contribution in [0.15, 0.2) is 93.2 Å². The Morgan fingerprint density at radius 3 is 1.22 bits per heavy atom. The Balaban J connectivity index is 2.89. The zero-order valence-electron chi connectivity index (χ0n) is 40.7. The number of aliphatic hydroxyl groups excluding tert-OH is 4. The van der Waals surface area contributed by atoms with Gasteiger partial charge in [0.05, 0.1) is 34.3 Å². The van der Waals surface area contributed by atoms with E-state index in [-0.39, 0.29) is 19.8 Å². The molecule has 1 aliphatic carbocycles. The van der Waals surface area contributed by atoms with Gasteiger partial charge in [-0.15, -0.1) is 0 Å². The van der Waals surface area contributed by atoms with Gasteiger partial charge in [0.1, 0.15) is 42.7 Å². The van der Waals surface area contributed by atoms with Crippen LogP contribution in [0.5, 0.6) is 0 Å². The van der Waals surface area contributed by atoms with Crippen molar-refractivity contribution >= 4 is 15.6 Å². The fraction of sp³-hybridized carbons (Fsp3) is 0.673. The molecular formula is C49H81O14P2-3. The third-order valence-electron chi connectivity index (χ3n) is 10.9. The van der Waals surface area contributed by atoms with Gasteiger partial charge in [0.15, 0.2) is 0 Å². The highest BCUT2D eigenvalue weighted by Gasteiger charge is 2.51. The normalized spacial score (nSPS) is 23.3. The van der Waals surface area contributed by atoms with Gasteiger partial charge in [0.2, 0.25) is 0 Å². The second-order valence-corrected chi connectivity index (χ2v) is 20.4. The zero-order valence-corrected chi connectivity index (χ0v) is 42.5. The summed E-state index contributed by atoms with van der Waals surface area (Å²) in [6.07, 6.45) is 14.4. The van der Waals surface area contributed by atoms with Crippen molar-refractivity contribution in [2.75, 3.05) is 26.4 Å². The number of aliphatic hydroxyl groups is 4. The second-order valence-electron chi connectivity index (χ2n) is 17.9. The smallest absolute Gasteiger partial charge is 0.268 e. The molecule has 0 aromatic rings. The highest BCUT2D eigenvalue weighted by molar-refractivity contribution is 7.45. The standard InChI is InChI=1S/C49H84O14P2/c1-35(2)17-11-19-37(5)21-13-23-39(7)25-15-27-41(9)29-31-59-33-43(60-32-30-42(10)28-16-26-40(8)24-14-22-38(6)20-12-18-36(3)4)34-61-65(57,58)63-49-46(52)44(50)45(51)48(47(49)53)62-64(54,55)56/h17-18,21-22,25-26,29-30,43-53H,11-16,19-20,23-24,27-28,31-34H2,1-10H3,(H,57,58)(H2,54,55,56)/p-3/b37-21+,38-22+,39-25+,40-26+,41-29+,42-30+/t43-,44-,45-,46+,47+,48+,49-/m0/s1. The van der Waals surface area contributed by atoms with Gasteiger partial charge in [0, 0.05) is 0 Å². The molecule has 14 nitrogen and oxygen atoms in total. The van der Waals surface area contributed by atoms with E-state index in [4.69, 9.17) is 18.5 Å². The van der Waals surface area contributed by atoms with Crippen molar-refractivity contribution in [1.29, 1.82) is 0 Å². The van der Waals surface area contributed by atoms with E-state index in [9.17, 15) is 44.2 Å². The van der Waals surface area contributed by atoms with Crippen molar-refractivity contribution in [3.8, 4) is 0 Å². The first-order valence-corrected chi connectivity index (χ1v) is 25.8. The Morgan fingerprint density at radius 1 is 0.477 bits per heavy atom. The van der Waals surface area contributed by atoms with E-state index in [1.807, 2.05) is 26.0 Å². The molecule has 8 atom stereocenters. The maximum atomic E-state index is 13.0. The molecule has 1 aliphatic rings. The number of allylic oxidation sites excluding steroid dienone is 14. The van der Waals surface area contributed by atoms with E-state index < -0.39 is 65.0 Å². The highest BCUT2D eigenvalue weighted by Crippen LogP contribution is 2.45. The third kappa shape index (κ3) is 29.4. The van der Waals surface area contributed by atoms with Gasteiger partial charge in [-0.05, 0) is 146 Å². The summed E-state index contributed by atoms with van der Waals surface area (Å²) >= 11 is 0. The largest absolute Gasteiger partial charge is 0.790 e. The molecule has 1 fully saturated rings. The van der Waals surface area contributed by atoms with E-state index in [1.54, 1.807) is 0 Å². The summed E-state index contributed by atoms with van der Waals surface area (Å²) in [4.78, 5) is 35.4. The van der Waals surface area contributed by atoms with Crippen LogP contribution < -0.4 is 14.7 Å². The van der Waals surface area contributed by atoms with Crippen LogP contribution in [0, 0.1) is 0 Å². The molecule has 1 saturated carbocycles. The van der Waals surface area contributed by atoms with Crippen molar-refractivity contribution in [3.05, 3.63) is 93.2 Å². The Bertz CT molecular complexity index is 1750. The van der Waals surface area contributed by atoms with E-state index in [1.165, 1.54) is 33.4 Å². The predicted octanol–water partition coefficient (Wildman–Crippen LogP) is 8.22. The van der Waals surface area contributed by atoms with Gasteiger partial charge in [0.25, 0.3) is 7.82 Å². The molecule has 0 bridgehead atoms. The molecule has 0 radical (unpaired) electrons. The minimum Gasteiger partial charge on any atom is -0.790 e. The first-order valence-electron chi connectivity index (χ1n) is 22.9. The van der Waals surface area contributed by atoms with E-state index in [0.717, 1.165) is 88.2 Å². The fourth-order valence-electron chi connectivity index (χ4n) is 6.78. The highest BCUT2D eigenvalue weighted by atomic mass is 31.2. The number of phosphoric ester groups is 2. The summed E-state index contributed by atoms with van der Waals surface area (Å²) < 4.78 is 50.0. The molecule has 1 unspecified atom stereocenters. The molecule has 1 rings (SSSR count). The third-order valence-corrected chi connectivity index (χ3v) is 12.4. The molecule has 0 aromatic heterocycles. The Labute approximate surface area is 390 Å². The van der Waals surface area contributed by atoms with Gasteiger partial charge in [-0.25, -0.2) is 0 Å². The molecule has 0 aromatic carbocycles. The van der Waals surface area contributed by atoms with Crippen LogP contribution >= 0.6 is 15.6 Å². The maximum Gasteiger partial charge on any atom is 0.268 e. The summed E-state index contributed by atoms with van der Waals surface area (Å²) in [5, 5.41) is 41.2. The Hall–Kier alpha value is -2.10. The van der Waals surface area contributed by atoms with Crippen LogP contribution in [0.3, 0.4) is 0 Å². The zero-order chi connectivity index (χ0) is 49.2. The lowest BCUT2D eigenvalue weighted by molar-refractivity contribution is -0.353. The first-order chi connectivity index (χ1) is 30.4. The first kappa shape index (κ1) is 60.9. The molecule has 16 heteroatoms. The van der Waals surface area contributed by atoms with Gasteiger partial charge < -0.3 is 62.7 Å². The van der Waals surface area contributed by atoms with E-state index in [0.29, 0.717) is 0 Å². The van der Waals surface area contributed by atoms with Crippen molar-refractivity contribution < 1.29 is 67.3 Å². The number of rotatable bonds is 32. The summed E-state index contributed by atoms with van der Waals surface area (Å²) in [6, 6.07) is 0. The molecule has 0 heterocycles. The lowest BCUT2D eigenvalue weighted by Crippen LogP contribution is -2.65. The SMILES string of the molecule is CC(C)=CCC/C(C)=C/CC/C(C)=C/CC/C(C)=C/COC[C@@H](COP(=O)([O-])O[C@@H]1[C@H](O)[C@H](OP(=O)([O-])[O-])[C@@H](O)[C@H](O)[C@H]1O)OC/C=C(\C)CC/C=C(\C)CC/C=C(\C)CCC=C(C)C. The summed E-state index contributed by atoms with van der Waals surface area (Å²) in [5.74, 6) is 0. The fourth-order valence-corrected chi connectivity index (χ4v) is 8.28. The lowest BCUT2D eigenvalue weighted by atomic mass is 9.85. The molecule has 0 saturated heterocycles. The van der Waals surface area contributed by atoms with E-state index in [2.05, 4.69) is 96.4 Å². The van der Waals surface area contributed by atoms with Crippen LogP contribution in [-0.2, 0) is 32.2 Å². The number of ether oxygens (including phenoxy) is 2. The molecule has 374 valence electrons. The topological polar surface area (TPSA) is 230 Å². The summed E-state index contributed by atoms with van der Waals surface area (Å²) in [7, 11) is -11.3. The molecule has 0 spiro atoms. The number of hydrogen-bond donors (Lipinski definition) is 4. The van der Waals surface area contributed by atoms with Crippen LogP contribution in [-0.4, -0.2) is 89.6 Å². The number of hydrogen-bond acceptors (Lipinski definition) is 14. The van der Waals surface area contributed by atoms with Crippen LogP contribution in [0.2, 0.25) is 0 Å². The molecule has 0 aliphatic heterocycles. The van der Waals surface area contributed by atoms with Crippen molar-refractivity contribution in [2.24, 2.45) is 0 Å². The van der Waals surface area contributed by atoms with Crippen molar-refractivity contribution in [1.82, 2.24) is 0 Å². The quantitative estimate of drug-likeness (QED) is 0.0283. The second kappa shape index (κ2) is 32.6. The maximum absolute atomic E-state index is 13.0. The number of phosphoric acid groups is 2. The Morgan fingerprint density at radius 2 is 0.831 bits per heavy atom. The lowest BCUT2D eigenvalue weighted by Gasteiger charge is -2.47. The predicted molar refractivity (Wildman–Crippen MR) is 252 cm³/mol. The van der Waals surface area contributed by atoms with Crippen molar-refractivity contribution in [3.63, 3.8) is 0 Å². The minimum atomic E-state index is -5.84. The molecule has 0 amide bonds. The summed E-state index contributed by atoms with van der Waals surface area (Å²) in [6.45, 7) is 20.7. The molecular weight excluding hydrogens is 874 g/mol. The molecule has 4 N–H and O–H groups in total. The van der Waals surface area contributed by atoms with E-state index >= 15 is 0 Å².